The van der Waals surface area contributed by atoms with Crippen molar-refractivity contribution in [3.05, 3.63) is 12.2 Å². The van der Waals surface area contributed by atoms with E-state index >= 15 is 0 Å². The first-order valence-electron chi connectivity index (χ1n) is 19.9. The van der Waals surface area contributed by atoms with Crippen molar-refractivity contribution in [1.29, 1.82) is 5.26 Å². The average Bonchev–Trinajstić information content (AvgIpc) is 3.44. The van der Waals surface area contributed by atoms with Gasteiger partial charge in [-0.2, -0.15) is 5.26 Å². The third kappa shape index (κ3) is 6.30. The quantitative estimate of drug-likeness (QED) is 0.135. The number of nitriles is 1. The number of aliphatic hydroxyl groups excluding tert-OH is 1. The van der Waals surface area contributed by atoms with Crippen molar-refractivity contribution < 1.29 is 14.7 Å². The number of nitrogens with one attached hydrogen (secondary N) is 2. The zero-order chi connectivity index (χ0) is 35.0. The van der Waals surface area contributed by atoms with Crippen molar-refractivity contribution in [2.24, 2.45) is 56.7 Å². The number of hydrogen-bond acceptors (Lipinski definition) is 4. The molecule has 0 aromatic heterocycles. The Balaban J connectivity index is 1.20. The van der Waals surface area contributed by atoms with Crippen LogP contribution in [0.1, 0.15) is 157 Å². The van der Waals surface area contributed by atoms with Crippen molar-refractivity contribution in [2.45, 2.75) is 163 Å². The lowest BCUT2D eigenvalue weighted by atomic mass is 9.32. The minimum Gasteiger partial charge on any atom is -0.393 e. The van der Waals surface area contributed by atoms with Crippen molar-refractivity contribution >= 4 is 11.8 Å². The van der Waals surface area contributed by atoms with Gasteiger partial charge in [0.25, 0.3) is 0 Å². The zero-order valence-corrected chi connectivity index (χ0v) is 31.5. The molecule has 6 heteroatoms. The fourth-order valence-corrected chi connectivity index (χ4v) is 13.4. The first-order valence-corrected chi connectivity index (χ1v) is 19.9. The minimum absolute atomic E-state index is 0.0279. The molecule has 5 fully saturated rings. The molecule has 5 aliphatic rings. The summed E-state index contributed by atoms with van der Waals surface area (Å²) in [6.45, 7) is 20.5. The van der Waals surface area contributed by atoms with E-state index in [4.69, 9.17) is 5.26 Å². The summed E-state index contributed by atoms with van der Waals surface area (Å²) in [6, 6.07) is 2.05. The van der Waals surface area contributed by atoms with Gasteiger partial charge in [-0.05, 0) is 135 Å². The molecular weight excluding hydrogens is 594 g/mol. The molecule has 5 rings (SSSR count). The first-order chi connectivity index (χ1) is 22.7. The molecule has 0 aromatic rings. The van der Waals surface area contributed by atoms with Gasteiger partial charge in [0.05, 0.1) is 24.0 Å². The van der Waals surface area contributed by atoms with Crippen LogP contribution in [-0.2, 0) is 9.59 Å². The SMILES string of the molecule is C=C(C)[C@@H]1CC[C@]2(C(=O)NCCCCCCCCC(=O)NCCC#N)CC[C@]3(C)[C@H](CC[C@@H]4[C@@]5(C)CC[C@H](O)C(C)(C)[C@@H]5CC[C@]43C)[C@@H]12. The topological polar surface area (TPSA) is 102 Å². The van der Waals surface area contributed by atoms with Gasteiger partial charge in [-0.1, -0.05) is 72.5 Å². The molecule has 0 unspecified atom stereocenters. The highest BCUT2D eigenvalue weighted by Crippen LogP contribution is 2.77. The van der Waals surface area contributed by atoms with Crippen molar-refractivity contribution in [2.75, 3.05) is 13.1 Å². The van der Waals surface area contributed by atoms with E-state index in [9.17, 15) is 14.7 Å². The van der Waals surface area contributed by atoms with E-state index in [1.807, 2.05) is 0 Å². The van der Waals surface area contributed by atoms with Gasteiger partial charge in [0.15, 0.2) is 0 Å². The molecule has 6 nitrogen and oxygen atoms in total. The maximum absolute atomic E-state index is 14.4. The smallest absolute Gasteiger partial charge is 0.226 e. The molecule has 270 valence electrons. The number of aliphatic hydroxyl groups is 1. The van der Waals surface area contributed by atoms with Crippen LogP contribution in [-0.4, -0.2) is 36.1 Å². The monoisotopic (exact) mass is 664 g/mol. The number of unbranched alkanes of at least 4 members (excludes halogenated alkanes) is 5. The largest absolute Gasteiger partial charge is 0.393 e. The fourth-order valence-electron chi connectivity index (χ4n) is 13.4. The second-order valence-corrected chi connectivity index (χ2v) is 18.6. The van der Waals surface area contributed by atoms with Gasteiger partial charge in [-0.3, -0.25) is 9.59 Å². The highest BCUT2D eigenvalue weighted by molar-refractivity contribution is 5.84. The average molecular weight is 664 g/mol. The minimum atomic E-state index is -0.261. The molecule has 48 heavy (non-hydrogen) atoms. The maximum atomic E-state index is 14.4. The van der Waals surface area contributed by atoms with Crippen LogP contribution in [0, 0.1) is 68.0 Å². The number of rotatable bonds is 13. The lowest BCUT2D eigenvalue weighted by molar-refractivity contribution is -0.246. The molecule has 0 heterocycles. The van der Waals surface area contributed by atoms with Crippen LogP contribution in [0.4, 0.5) is 0 Å². The van der Waals surface area contributed by atoms with Crippen LogP contribution < -0.4 is 10.6 Å². The first kappa shape index (κ1) is 37.4. The van der Waals surface area contributed by atoms with Crippen LogP contribution in [0.5, 0.6) is 0 Å². The standard InChI is InChI=1S/C42H69N3O3/c1-29(2)30-18-23-42(37(48)45-27-13-11-9-8-10-12-15-35(47)44-28-14-26-43)25-24-40(6)31(36(30)42)16-17-33-39(5)21-20-34(46)38(3,4)32(39)19-22-41(33,40)7/h30-34,36,46H,1,8-25,27-28H2,2-7H3,(H,44,47)(H,45,48)/t30-,31+,32-,33+,34-,36+,39-,40+,41+,42-/m0/s1. The zero-order valence-electron chi connectivity index (χ0n) is 31.5. The second-order valence-electron chi connectivity index (χ2n) is 18.6. The van der Waals surface area contributed by atoms with E-state index in [-0.39, 0.29) is 39.1 Å². The molecule has 0 saturated heterocycles. The molecule has 10 atom stereocenters. The molecule has 3 N–H and O–H groups in total. The summed E-state index contributed by atoms with van der Waals surface area (Å²) in [6.07, 6.45) is 18.3. The van der Waals surface area contributed by atoms with E-state index in [0.717, 1.165) is 83.6 Å². The highest BCUT2D eigenvalue weighted by atomic mass is 16.3. The predicted octanol–water partition coefficient (Wildman–Crippen LogP) is 8.88. The molecule has 5 saturated carbocycles. The Labute approximate surface area is 293 Å². The summed E-state index contributed by atoms with van der Waals surface area (Å²) in [5, 5.41) is 25.9. The second kappa shape index (κ2) is 14.4. The maximum Gasteiger partial charge on any atom is 0.226 e. The normalized spacial score (nSPS) is 41.1. The highest BCUT2D eigenvalue weighted by Gasteiger charge is 2.71. The molecule has 0 aromatic carbocycles. The van der Waals surface area contributed by atoms with E-state index in [0.29, 0.717) is 54.9 Å². The Bertz CT molecular complexity index is 1240. The van der Waals surface area contributed by atoms with Gasteiger partial charge in [0.1, 0.15) is 0 Å². The lowest BCUT2D eigenvalue weighted by Gasteiger charge is -2.72. The molecule has 0 bridgehead atoms. The van der Waals surface area contributed by atoms with Crippen LogP contribution in [0.3, 0.4) is 0 Å². The Kier molecular flexibility index (Phi) is 11.2. The van der Waals surface area contributed by atoms with Crippen molar-refractivity contribution in [3.8, 4) is 6.07 Å². The van der Waals surface area contributed by atoms with E-state index in [1.165, 1.54) is 31.3 Å². The summed E-state index contributed by atoms with van der Waals surface area (Å²) in [4.78, 5) is 26.2. The Hall–Kier alpha value is -1.87. The molecule has 0 aliphatic heterocycles. The molecule has 0 radical (unpaired) electrons. The number of amides is 2. The number of fused-ring (bicyclic) bond motifs is 7. The van der Waals surface area contributed by atoms with Crippen molar-refractivity contribution in [3.63, 3.8) is 0 Å². The lowest BCUT2D eigenvalue weighted by Crippen LogP contribution is -2.67. The van der Waals surface area contributed by atoms with Gasteiger partial charge in [0, 0.05) is 19.5 Å². The number of carbonyl (C=O) groups excluding carboxylic acids is 2. The molecule has 2 amide bonds. The molecule has 0 spiro atoms. The van der Waals surface area contributed by atoms with Crippen LogP contribution >= 0.6 is 0 Å². The van der Waals surface area contributed by atoms with Crippen LogP contribution in [0.2, 0.25) is 0 Å². The summed E-state index contributed by atoms with van der Waals surface area (Å²) in [5.74, 6) is 3.00. The third-order valence-corrected chi connectivity index (χ3v) is 16.2. The van der Waals surface area contributed by atoms with Gasteiger partial charge >= 0.3 is 0 Å². The molecular formula is C42H69N3O3. The Morgan fingerprint density at radius 2 is 1.50 bits per heavy atom. The Morgan fingerprint density at radius 3 is 2.21 bits per heavy atom. The fraction of sp³-hybridized carbons (Fsp3) is 0.881. The third-order valence-electron chi connectivity index (χ3n) is 16.2. The summed E-state index contributed by atoms with van der Waals surface area (Å²) >= 11 is 0. The van der Waals surface area contributed by atoms with Crippen LogP contribution in [0.15, 0.2) is 12.2 Å². The van der Waals surface area contributed by atoms with Gasteiger partial charge in [-0.25, -0.2) is 0 Å². The summed E-state index contributed by atoms with van der Waals surface area (Å²) < 4.78 is 0. The molecule has 5 aliphatic carbocycles. The number of nitrogens with zero attached hydrogens (tertiary/aromatic N) is 1. The van der Waals surface area contributed by atoms with Gasteiger partial charge in [0.2, 0.25) is 11.8 Å². The van der Waals surface area contributed by atoms with E-state index in [1.54, 1.807) is 0 Å². The predicted molar refractivity (Wildman–Crippen MR) is 194 cm³/mol. The number of carbonyl (C=O) groups is 2. The van der Waals surface area contributed by atoms with Gasteiger partial charge in [-0.15, -0.1) is 0 Å². The van der Waals surface area contributed by atoms with E-state index in [2.05, 4.69) is 64.8 Å². The number of hydrogen-bond donors (Lipinski definition) is 3. The Morgan fingerprint density at radius 1 is 0.792 bits per heavy atom. The van der Waals surface area contributed by atoms with Crippen LogP contribution in [0.25, 0.3) is 0 Å². The summed E-state index contributed by atoms with van der Waals surface area (Å²) in [7, 11) is 0. The summed E-state index contributed by atoms with van der Waals surface area (Å²) in [5.41, 5.74) is 1.73. The van der Waals surface area contributed by atoms with Gasteiger partial charge < -0.3 is 15.7 Å². The van der Waals surface area contributed by atoms with E-state index < -0.39 is 0 Å². The van der Waals surface area contributed by atoms with Crippen molar-refractivity contribution in [1.82, 2.24) is 10.6 Å². The number of allylic oxidation sites excluding steroid dienone is 1.